The van der Waals surface area contributed by atoms with Gasteiger partial charge < -0.3 is 24.6 Å². The van der Waals surface area contributed by atoms with E-state index in [9.17, 15) is 14.7 Å². The number of benzene rings is 2. The van der Waals surface area contributed by atoms with E-state index >= 15 is 0 Å². The molecule has 2 aliphatic carbocycles. The normalized spacial score (nSPS) is 22.7. The van der Waals surface area contributed by atoms with Crippen LogP contribution in [0.5, 0.6) is 11.5 Å². The van der Waals surface area contributed by atoms with Crippen LogP contribution < -0.4 is 14.8 Å². The number of rotatable bonds is 10. The van der Waals surface area contributed by atoms with Crippen molar-refractivity contribution in [1.82, 2.24) is 5.32 Å². The number of amides is 1. The molecule has 180 valence electrons. The van der Waals surface area contributed by atoms with Gasteiger partial charge in [0.05, 0.1) is 17.8 Å². The van der Waals surface area contributed by atoms with Gasteiger partial charge >= 0.3 is 5.97 Å². The smallest absolute Gasteiger partial charge is 0.326 e. The molecule has 5 rings (SSSR count). The molecule has 1 amide bonds. The Labute approximate surface area is 199 Å². The van der Waals surface area contributed by atoms with E-state index < -0.39 is 17.6 Å². The predicted molar refractivity (Wildman–Crippen MR) is 126 cm³/mol. The van der Waals surface area contributed by atoms with E-state index in [1.54, 1.807) is 6.92 Å². The lowest BCUT2D eigenvalue weighted by Crippen LogP contribution is -2.51. The van der Waals surface area contributed by atoms with Crippen LogP contribution in [0, 0.1) is 0 Å². The molecule has 1 saturated heterocycles. The summed E-state index contributed by atoms with van der Waals surface area (Å²) in [6, 6.07) is 12.6. The highest BCUT2D eigenvalue weighted by molar-refractivity contribution is 5.89. The maximum Gasteiger partial charge on any atom is 0.326 e. The maximum absolute atomic E-state index is 12.6. The van der Waals surface area contributed by atoms with Crippen molar-refractivity contribution in [1.29, 1.82) is 0 Å². The molecule has 0 unspecified atom stereocenters. The molecule has 34 heavy (non-hydrogen) atoms. The predicted octanol–water partition coefficient (Wildman–Crippen LogP) is 4.12. The Hall–Kier alpha value is -3.06. The summed E-state index contributed by atoms with van der Waals surface area (Å²) in [6.07, 6.45) is 6.37. The molecule has 2 saturated carbocycles. The molecule has 7 nitrogen and oxygen atoms in total. The lowest BCUT2D eigenvalue weighted by Gasteiger charge is -2.24. The van der Waals surface area contributed by atoms with Crippen LogP contribution in [0.25, 0.3) is 11.1 Å². The second-order valence-corrected chi connectivity index (χ2v) is 9.71. The van der Waals surface area contributed by atoms with Crippen LogP contribution in [0.4, 0.5) is 0 Å². The zero-order valence-corrected chi connectivity index (χ0v) is 19.4. The summed E-state index contributed by atoms with van der Waals surface area (Å²) in [5.74, 6) is 0.187. The Bertz CT molecular complexity index is 1020. The summed E-state index contributed by atoms with van der Waals surface area (Å²) in [6.45, 7) is 2.23. The van der Waals surface area contributed by atoms with Gasteiger partial charge in [-0.25, -0.2) is 4.79 Å². The van der Waals surface area contributed by atoms with Gasteiger partial charge in [0.1, 0.15) is 23.1 Å². The van der Waals surface area contributed by atoms with Gasteiger partial charge in [-0.05, 0) is 68.7 Å². The minimum absolute atomic E-state index is 0.184. The van der Waals surface area contributed by atoms with Crippen molar-refractivity contribution < 1.29 is 28.9 Å². The topological polar surface area (TPSA) is 94.1 Å². The highest BCUT2D eigenvalue weighted by atomic mass is 16.5. The van der Waals surface area contributed by atoms with Crippen molar-refractivity contribution in [2.45, 2.75) is 75.7 Å². The fraction of sp³-hybridized carbons (Fsp3) is 0.481. The number of nitrogens with one attached hydrogen (secondary N) is 1. The average molecular weight is 466 g/mol. The molecule has 0 spiro atoms. The van der Waals surface area contributed by atoms with E-state index in [1.165, 1.54) is 0 Å². The Morgan fingerprint density at radius 2 is 1.68 bits per heavy atom. The molecule has 3 aliphatic rings. The van der Waals surface area contributed by atoms with Crippen molar-refractivity contribution in [3.05, 3.63) is 48.0 Å². The van der Waals surface area contributed by atoms with Gasteiger partial charge in [0, 0.05) is 13.0 Å². The Kier molecular flexibility index (Phi) is 6.21. The molecule has 2 aromatic rings. The lowest BCUT2D eigenvalue weighted by atomic mass is 9.98. The largest absolute Gasteiger partial charge is 0.490 e. The minimum atomic E-state index is -1.07. The number of hydrogen-bond donors (Lipinski definition) is 2. The maximum atomic E-state index is 12.6. The van der Waals surface area contributed by atoms with Crippen LogP contribution in [-0.4, -0.2) is 47.4 Å². The number of aliphatic carboxylic acids is 1. The second kappa shape index (κ2) is 9.29. The third kappa shape index (κ3) is 5.20. The van der Waals surface area contributed by atoms with E-state index in [4.69, 9.17) is 14.2 Å². The summed E-state index contributed by atoms with van der Waals surface area (Å²) >= 11 is 0. The standard InChI is InChI=1S/C27H31NO6/c1-27(14-3-15-32-27)26(31)28-21(25(29)30)16-17-6-8-18(9-7-17)24-22(33-19-10-11-19)4-2-5-23(24)34-20-12-13-20/h2,4-9,19-21H,3,10-16H2,1H3,(H,28,31)(H,29,30)/t21-,27+/m0/s1. The van der Waals surface area contributed by atoms with Crippen LogP contribution in [0.3, 0.4) is 0 Å². The molecule has 0 bridgehead atoms. The average Bonchev–Trinajstić information content (AvgIpc) is 3.75. The summed E-state index contributed by atoms with van der Waals surface area (Å²) < 4.78 is 17.9. The van der Waals surface area contributed by atoms with Gasteiger partial charge in [0.25, 0.3) is 5.91 Å². The highest BCUT2D eigenvalue weighted by Crippen LogP contribution is 2.43. The monoisotopic (exact) mass is 465 g/mol. The van der Waals surface area contributed by atoms with Crippen molar-refractivity contribution in [2.24, 2.45) is 0 Å². The van der Waals surface area contributed by atoms with Crippen LogP contribution >= 0.6 is 0 Å². The number of ether oxygens (including phenoxy) is 3. The Morgan fingerprint density at radius 1 is 1.06 bits per heavy atom. The van der Waals surface area contributed by atoms with Crippen LogP contribution in [0.2, 0.25) is 0 Å². The fourth-order valence-electron chi connectivity index (χ4n) is 4.24. The Morgan fingerprint density at radius 3 is 2.18 bits per heavy atom. The van der Waals surface area contributed by atoms with Gasteiger partial charge in [0.2, 0.25) is 0 Å². The van der Waals surface area contributed by atoms with Crippen molar-refractivity contribution in [2.75, 3.05) is 6.61 Å². The van der Waals surface area contributed by atoms with Crippen LogP contribution in [-0.2, 0) is 20.7 Å². The summed E-state index contributed by atoms with van der Waals surface area (Å²) in [4.78, 5) is 24.5. The van der Waals surface area contributed by atoms with Gasteiger partial charge in [-0.15, -0.1) is 0 Å². The lowest BCUT2D eigenvalue weighted by molar-refractivity contribution is -0.147. The first-order valence-corrected chi connectivity index (χ1v) is 12.1. The zero-order chi connectivity index (χ0) is 23.7. The number of carboxylic acids is 1. The van der Waals surface area contributed by atoms with Gasteiger partial charge in [-0.1, -0.05) is 30.3 Å². The van der Waals surface area contributed by atoms with E-state index in [0.717, 1.165) is 60.3 Å². The number of carboxylic acid groups (broad SMARTS) is 1. The minimum Gasteiger partial charge on any atom is -0.490 e. The van der Waals surface area contributed by atoms with Gasteiger partial charge in [-0.3, -0.25) is 4.79 Å². The molecule has 1 aliphatic heterocycles. The van der Waals surface area contributed by atoms with Gasteiger partial charge in [-0.2, -0.15) is 0 Å². The summed E-state index contributed by atoms with van der Waals surface area (Å²) in [5, 5.41) is 12.4. The molecular weight excluding hydrogens is 434 g/mol. The molecule has 1 heterocycles. The van der Waals surface area contributed by atoms with E-state index in [2.05, 4.69) is 5.32 Å². The van der Waals surface area contributed by atoms with Crippen LogP contribution in [0.15, 0.2) is 42.5 Å². The SMILES string of the molecule is C[C@]1(C(=O)N[C@@H](Cc2ccc(-c3c(OC4CC4)cccc3OC3CC3)cc2)C(=O)O)CCCO1. The number of carbonyl (C=O) groups excluding carboxylic acids is 1. The summed E-state index contributed by atoms with van der Waals surface area (Å²) in [5.41, 5.74) is 1.75. The molecule has 0 aromatic heterocycles. The first kappa shape index (κ1) is 22.7. The fourth-order valence-corrected chi connectivity index (χ4v) is 4.24. The third-order valence-corrected chi connectivity index (χ3v) is 6.61. The first-order valence-electron chi connectivity index (χ1n) is 12.1. The zero-order valence-electron chi connectivity index (χ0n) is 19.4. The Balaban J connectivity index is 1.33. The summed E-state index contributed by atoms with van der Waals surface area (Å²) in [7, 11) is 0. The van der Waals surface area contributed by atoms with E-state index in [0.29, 0.717) is 13.0 Å². The molecule has 2 atom stereocenters. The first-order chi connectivity index (χ1) is 16.4. The van der Waals surface area contributed by atoms with Crippen molar-refractivity contribution in [3.8, 4) is 22.6 Å². The molecular formula is C27H31NO6. The quantitative estimate of drug-likeness (QED) is 0.548. The van der Waals surface area contributed by atoms with Gasteiger partial charge in [0.15, 0.2) is 0 Å². The van der Waals surface area contributed by atoms with E-state index in [1.807, 2.05) is 42.5 Å². The van der Waals surface area contributed by atoms with Crippen molar-refractivity contribution >= 4 is 11.9 Å². The number of carbonyl (C=O) groups is 2. The molecule has 7 heteroatoms. The molecule has 2 N–H and O–H groups in total. The van der Waals surface area contributed by atoms with E-state index in [-0.39, 0.29) is 24.5 Å². The molecule has 0 radical (unpaired) electrons. The van der Waals surface area contributed by atoms with Crippen LogP contribution in [0.1, 0.15) is 51.0 Å². The molecule has 3 fully saturated rings. The highest BCUT2D eigenvalue weighted by Gasteiger charge is 2.39. The van der Waals surface area contributed by atoms with Crippen molar-refractivity contribution in [3.63, 3.8) is 0 Å². The molecule has 2 aromatic carbocycles. The second-order valence-electron chi connectivity index (χ2n) is 9.71. The third-order valence-electron chi connectivity index (χ3n) is 6.61. The number of hydrogen-bond acceptors (Lipinski definition) is 5.